The number of rotatable bonds is 6. The fourth-order valence-corrected chi connectivity index (χ4v) is 3.46. The van der Waals surface area contributed by atoms with Crippen molar-refractivity contribution in [2.24, 2.45) is 0 Å². The monoisotopic (exact) mass is 466 g/mol. The fourth-order valence-electron chi connectivity index (χ4n) is 3.46. The average molecular weight is 466 g/mol. The Labute approximate surface area is 194 Å². The number of benzene rings is 3. The van der Waals surface area contributed by atoms with E-state index in [1.165, 1.54) is 18.5 Å². The maximum Gasteiger partial charge on any atom is 0.416 e. The summed E-state index contributed by atoms with van der Waals surface area (Å²) in [7, 11) is 3.87. The topological polar surface area (TPSA) is 67.3 Å². The van der Waals surface area contributed by atoms with E-state index in [9.17, 15) is 18.0 Å². The molecule has 1 heterocycles. The van der Waals surface area contributed by atoms with Gasteiger partial charge in [-0.2, -0.15) is 13.2 Å². The highest BCUT2D eigenvalue weighted by atomic mass is 19.4. The summed E-state index contributed by atoms with van der Waals surface area (Å²) >= 11 is 0. The normalized spacial score (nSPS) is 11.6. The van der Waals surface area contributed by atoms with Gasteiger partial charge in [-0.3, -0.25) is 4.79 Å². The molecular weight excluding hydrogens is 445 g/mol. The van der Waals surface area contributed by atoms with Gasteiger partial charge in [0.2, 0.25) is 5.88 Å². The van der Waals surface area contributed by atoms with E-state index in [4.69, 9.17) is 4.74 Å². The van der Waals surface area contributed by atoms with Gasteiger partial charge >= 0.3 is 6.18 Å². The Bertz CT molecular complexity index is 1340. The van der Waals surface area contributed by atoms with Crippen molar-refractivity contribution < 1.29 is 22.7 Å². The van der Waals surface area contributed by atoms with E-state index in [0.717, 1.165) is 23.2 Å². The van der Waals surface area contributed by atoms with Gasteiger partial charge in [-0.25, -0.2) is 9.97 Å². The van der Waals surface area contributed by atoms with Crippen LogP contribution in [-0.2, 0) is 12.7 Å². The lowest BCUT2D eigenvalue weighted by molar-refractivity contribution is -0.137. The van der Waals surface area contributed by atoms with E-state index in [-0.39, 0.29) is 5.69 Å². The van der Waals surface area contributed by atoms with Gasteiger partial charge in [0.05, 0.1) is 11.3 Å². The Morgan fingerprint density at radius 3 is 2.56 bits per heavy atom. The summed E-state index contributed by atoms with van der Waals surface area (Å²) in [6.45, 7) is 0.640. The van der Waals surface area contributed by atoms with Crippen LogP contribution in [-0.4, -0.2) is 34.9 Å². The van der Waals surface area contributed by atoms with Crippen molar-refractivity contribution in [2.75, 3.05) is 19.4 Å². The third-order valence-electron chi connectivity index (χ3n) is 4.94. The molecule has 0 spiro atoms. The molecule has 1 aromatic heterocycles. The highest BCUT2D eigenvalue weighted by molar-refractivity contribution is 6.13. The summed E-state index contributed by atoms with van der Waals surface area (Å²) < 4.78 is 44.8. The summed E-state index contributed by atoms with van der Waals surface area (Å²) in [6.07, 6.45) is -3.06. The Morgan fingerprint density at radius 1 is 1.00 bits per heavy atom. The Kier molecular flexibility index (Phi) is 6.47. The third-order valence-corrected chi connectivity index (χ3v) is 4.94. The molecule has 0 unspecified atom stereocenters. The molecule has 6 nitrogen and oxygen atoms in total. The molecule has 0 aliphatic heterocycles. The number of carbonyl (C=O) groups excluding carboxylic acids is 1. The first-order chi connectivity index (χ1) is 16.2. The molecule has 0 saturated carbocycles. The number of nitrogens with zero attached hydrogens (tertiary/aromatic N) is 3. The second kappa shape index (κ2) is 9.48. The smallest absolute Gasteiger partial charge is 0.416 e. The number of hydrogen-bond donors (Lipinski definition) is 1. The second-order valence-corrected chi connectivity index (χ2v) is 7.91. The molecule has 4 rings (SSSR count). The molecule has 1 amide bonds. The van der Waals surface area contributed by atoms with Crippen LogP contribution >= 0.6 is 0 Å². The van der Waals surface area contributed by atoms with Crippen molar-refractivity contribution in [2.45, 2.75) is 12.7 Å². The summed E-state index contributed by atoms with van der Waals surface area (Å²) in [5, 5.41) is 3.92. The van der Waals surface area contributed by atoms with E-state index in [2.05, 4.69) is 15.3 Å². The molecule has 4 aromatic rings. The maximum absolute atomic E-state index is 13.0. The van der Waals surface area contributed by atoms with Crippen LogP contribution < -0.4 is 10.1 Å². The summed E-state index contributed by atoms with van der Waals surface area (Å²) in [5.74, 6) is 0.407. The van der Waals surface area contributed by atoms with Gasteiger partial charge in [0.25, 0.3) is 5.91 Å². The SMILES string of the molecule is CN(C)Cc1cc(Oc2ccc3c(C(=O)Nc4cccc(C(F)(F)F)c4)cccc3c2)ncn1. The minimum atomic E-state index is -4.49. The number of halogens is 3. The van der Waals surface area contributed by atoms with Gasteiger partial charge in [0, 0.05) is 23.9 Å². The van der Waals surface area contributed by atoms with E-state index in [1.54, 1.807) is 36.4 Å². The van der Waals surface area contributed by atoms with Gasteiger partial charge in [0.1, 0.15) is 12.1 Å². The minimum absolute atomic E-state index is 0.0640. The van der Waals surface area contributed by atoms with Crippen molar-refractivity contribution in [3.63, 3.8) is 0 Å². The first-order valence-electron chi connectivity index (χ1n) is 10.3. The first-order valence-corrected chi connectivity index (χ1v) is 10.3. The molecule has 0 radical (unpaired) electrons. The van der Waals surface area contributed by atoms with Gasteiger partial charge < -0.3 is 15.0 Å². The Hall–Kier alpha value is -3.98. The van der Waals surface area contributed by atoms with E-state index < -0.39 is 17.6 Å². The Morgan fingerprint density at radius 2 is 1.79 bits per heavy atom. The van der Waals surface area contributed by atoms with Gasteiger partial charge in [-0.15, -0.1) is 0 Å². The lowest BCUT2D eigenvalue weighted by atomic mass is 10.0. The highest BCUT2D eigenvalue weighted by Crippen LogP contribution is 2.31. The number of aromatic nitrogens is 2. The molecule has 0 aliphatic rings. The number of hydrogen-bond acceptors (Lipinski definition) is 5. The van der Waals surface area contributed by atoms with Crippen molar-refractivity contribution >= 4 is 22.4 Å². The average Bonchev–Trinajstić information content (AvgIpc) is 2.78. The summed E-state index contributed by atoms with van der Waals surface area (Å²) in [6, 6.07) is 16.6. The lowest BCUT2D eigenvalue weighted by Gasteiger charge is -2.12. The summed E-state index contributed by atoms with van der Waals surface area (Å²) in [5.41, 5.74) is 0.374. The summed E-state index contributed by atoms with van der Waals surface area (Å²) in [4.78, 5) is 23.2. The molecule has 3 aromatic carbocycles. The predicted molar refractivity (Wildman–Crippen MR) is 123 cm³/mol. The molecule has 174 valence electrons. The molecule has 0 atom stereocenters. The van der Waals surface area contributed by atoms with Crippen LogP contribution in [0.1, 0.15) is 21.6 Å². The van der Waals surface area contributed by atoms with Crippen LogP contribution in [0.4, 0.5) is 18.9 Å². The largest absolute Gasteiger partial charge is 0.439 e. The maximum atomic E-state index is 13.0. The number of fused-ring (bicyclic) bond motifs is 1. The molecule has 1 N–H and O–H groups in total. The molecule has 0 fully saturated rings. The molecule has 34 heavy (non-hydrogen) atoms. The zero-order valence-electron chi connectivity index (χ0n) is 18.4. The van der Waals surface area contributed by atoms with E-state index in [0.29, 0.717) is 29.1 Å². The van der Waals surface area contributed by atoms with Crippen LogP contribution in [0.3, 0.4) is 0 Å². The third kappa shape index (κ3) is 5.49. The van der Waals surface area contributed by atoms with Crippen LogP contribution in [0.5, 0.6) is 11.6 Å². The Balaban J connectivity index is 1.56. The number of anilines is 1. The van der Waals surface area contributed by atoms with Crippen LogP contribution in [0, 0.1) is 0 Å². The zero-order valence-corrected chi connectivity index (χ0v) is 18.4. The van der Waals surface area contributed by atoms with Crippen LogP contribution in [0.25, 0.3) is 10.8 Å². The number of amides is 1. The van der Waals surface area contributed by atoms with Crippen molar-refractivity contribution in [1.29, 1.82) is 0 Å². The standard InChI is InChI=1S/C25H21F3N4O2/c1-32(2)14-19-13-23(30-15-29-19)34-20-9-10-21-16(11-20)5-3-8-22(21)24(33)31-18-7-4-6-17(12-18)25(26,27)28/h3-13,15H,14H2,1-2H3,(H,31,33). The van der Waals surface area contributed by atoms with Crippen LogP contribution in [0.2, 0.25) is 0 Å². The number of ether oxygens (including phenoxy) is 1. The molecule has 9 heteroatoms. The molecule has 0 saturated heterocycles. The number of alkyl halides is 3. The van der Waals surface area contributed by atoms with Crippen molar-refractivity contribution in [3.8, 4) is 11.6 Å². The second-order valence-electron chi connectivity index (χ2n) is 7.91. The van der Waals surface area contributed by atoms with E-state index >= 15 is 0 Å². The molecular formula is C25H21F3N4O2. The van der Waals surface area contributed by atoms with Crippen LogP contribution in [0.15, 0.2) is 73.1 Å². The zero-order chi connectivity index (χ0) is 24.3. The molecule has 0 aliphatic carbocycles. The molecule has 0 bridgehead atoms. The van der Waals surface area contributed by atoms with Gasteiger partial charge in [-0.05, 0) is 67.3 Å². The quantitative estimate of drug-likeness (QED) is 0.392. The predicted octanol–water partition coefficient (Wildman–Crippen LogP) is 5.75. The van der Waals surface area contributed by atoms with Gasteiger partial charge in [0.15, 0.2) is 0 Å². The lowest BCUT2D eigenvalue weighted by Crippen LogP contribution is -2.13. The fraction of sp³-hybridized carbons (Fsp3) is 0.160. The van der Waals surface area contributed by atoms with Gasteiger partial charge in [-0.1, -0.05) is 18.2 Å². The minimum Gasteiger partial charge on any atom is -0.439 e. The van der Waals surface area contributed by atoms with Crippen molar-refractivity contribution in [3.05, 3.63) is 89.9 Å². The first kappa shape index (κ1) is 23.2. The van der Waals surface area contributed by atoms with E-state index in [1.807, 2.05) is 25.1 Å². The number of nitrogens with one attached hydrogen (secondary N) is 1. The number of carbonyl (C=O) groups is 1. The highest BCUT2D eigenvalue weighted by Gasteiger charge is 2.30. The van der Waals surface area contributed by atoms with Crippen molar-refractivity contribution in [1.82, 2.24) is 14.9 Å².